The fourth-order valence-corrected chi connectivity index (χ4v) is 6.46. The van der Waals surface area contributed by atoms with E-state index in [2.05, 4.69) is 32.2 Å². The molecule has 1 aliphatic rings. The monoisotopic (exact) mass is 637 g/mol. The Morgan fingerprint density at radius 2 is 1.44 bits per heavy atom. The van der Waals surface area contributed by atoms with Gasteiger partial charge in [0.15, 0.2) is 5.16 Å². The van der Waals surface area contributed by atoms with Gasteiger partial charge in [0.05, 0.1) is 11.7 Å². The molecule has 1 atom stereocenters. The van der Waals surface area contributed by atoms with E-state index >= 15 is 0 Å². The van der Waals surface area contributed by atoms with Crippen LogP contribution in [0.5, 0.6) is 0 Å². The van der Waals surface area contributed by atoms with E-state index < -0.39 is 0 Å². The van der Waals surface area contributed by atoms with E-state index in [4.69, 9.17) is 16.6 Å². The molecule has 0 spiro atoms. The molecule has 1 N–H and O–H groups in total. The molecule has 4 aromatic carbocycles. The fraction of sp³-hybridized carbons (Fsp3) is 0.194. The first kappa shape index (κ1) is 30.6. The van der Waals surface area contributed by atoms with Gasteiger partial charge in [-0.05, 0) is 47.4 Å². The third-order valence-corrected chi connectivity index (χ3v) is 8.94. The van der Waals surface area contributed by atoms with E-state index in [0.717, 1.165) is 22.5 Å². The van der Waals surface area contributed by atoms with Crippen molar-refractivity contribution in [1.29, 1.82) is 0 Å². The molecule has 1 aliphatic heterocycles. The van der Waals surface area contributed by atoms with E-state index in [9.17, 15) is 9.18 Å². The first-order valence-corrected chi connectivity index (χ1v) is 16.3. The lowest BCUT2D eigenvalue weighted by molar-refractivity contribution is 0.0936. The van der Waals surface area contributed by atoms with Gasteiger partial charge in [0.25, 0.3) is 5.91 Å². The van der Waals surface area contributed by atoms with Crippen LogP contribution in [0.2, 0.25) is 5.15 Å². The van der Waals surface area contributed by atoms with Crippen LogP contribution >= 0.6 is 23.4 Å². The standard InChI is InChI=1S/C36H33ClFN5OS/c37-33-24-34(43-21-19-42(20-22-43)32-14-8-7-13-30(32)38)41-36(40-33)45-25-27-15-17-29(18-16-27)35(44)39-31(28-11-5-2-6-12-28)23-26-9-3-1-4-10-26/h1-18,24,31H,19-23,25H2,(H,39,44). The molecule has 0 aliphatic carbocycles. The number of thioether (sulfide) groups is 1. The van der Waals surface area contributed by atoms with Gasteiger partial charge in [0, 0.05) is 43.6 Å². The van der Waals surface area contributed by atoms with Gasteiger partial charge in [-0.15, -0.1) is 0 Å². The van der Waals surface area contributed by atoms with Crippen LogP contribution < -0.4 is 15.1 Å². The summed E-state index contributed by atoms with van der Waals surface area (Å²) in [6.07, 6.45) is 0.703. The SMILES string of the molecule is O=C(NC(Cc1ccccc1)c1ccccc1)c1ccc(CSc2nc(Cl)cc(N3CCN(c4ccccc4F)CC3)n2)cc1. The first-order chi connectivity index (χ1) is 22.0. The summed E-state index contributed by atoms with van der Waals surface area (Å²) in [4.78, 5) is 26.7. The van der Waals surface area contributed by atoms with Gasteiger partial charge in [-0.3, -0.25) is 4.79 Å². The largest absolute Gasteiger partial charge is 0.366 e. The molecule has 228 valence electrons. The molecule has 1 aromatic heterocycles. The maximum Gasteiger partial charge on any atom is 0.251 e. The number of para-hydroxylation sites is 1. The zero-order valence-corrected chi connectivity index (χ0v) is 26.2. The Morgan fingerprint density at radius 1 is 0.800 bits per heavy atom. The van der Waals surface area contributed by atoms with E-state index in [0.29, 0.717) is 59.9 Å². The number of halogens is 2. The number of hydrogen-bond acceptors (Lipinski definition) is 6. The number of nitrogens with zero attached hydrogens (tertiary/aromatic N) is 4. The molecule has 5 aromatic rings. The summed E-state index contributed by atoms with van der Waals surface area (Å²) < 4.78 is 14.3. The number of amides is 1. The summed E-state index contributed by atoms with van der Waals surface area (Å²) >= 11 is 7.89. The number of piperazine rings is 1. The molecule has 9 heteroatoms. The Hall–Kier alpha value is -4.40. The molecular formula is C36H33ClFN5OS. The topological polar surface area (TPSA) is 61.4 Å². The summed E-state index contributed by atoms with van der Waals surface area (Å²) in [5.74, 6) is 1.07. The highest BCUT2D eigenvalue weighted by molar-refractivity contribution is 7.98. The summed E-state index contributed by atoms with van der Waals surface area (Å²) in [5.41, 5.74) is 4.50. The third-order valence-electron chi connectivity index (χ3n) is 7.83. The van der Waals surface area contributed by atoms with Gasteiger partial charge in [0.1, 0.15) is 16.8 Å². The van der Waals surface area contributed by atoms with E-state index in [1.165, 1.54) is 17.8 Å². The van der Waals surface area contributed by atoms with Crippen molar-refractivity contribution in [1.82, 2.24) is 15.3 Å². The number of nitrogens with one attached hydrogen (secondary N) is 1. The Bertz CT molecular complexity index is 1720. The Morgan fingerprint density at radius 3 is 2.16 bits per heavy atom. The number of hydrogen-bond donors (Lipinski definition) is 1. The zero-order valence-electron chi connectivity index (χ0n) is 24.7. The average molecular weight is 638 g/mol. The van der Waals surface area contributed by atoms with Crippen molar-refractivity contribution >= 4 is 40.8 Å². The minimum Gasteiger partial charge on any atom is -0.366 e. The Balaban J connectivity index is 1.06. The summed E-state index contributed by atoms with van der Waals surface area (Å²) in [5, 5.41) is 4.20. The van der Waals surface area contributed by atoms with Crippen molar-refractivity contribution in [2.45, 2.75) is 23.4 Å². The van der Waals surface area contributed by atoms with Crippen molar-refractivity contribution in [3.63, 3.8) is 0 Å². The molecule has 1 unspecified atom stereocenters. The van der Waals surface area contributed by atoms with Crippen molar-refractivity contribution < 1.29 is 9.18 Å². The molecule has 0 radical (unpaired) electrons. The minimum absolute atomic E-state index is 0.114. The van der Waals surface area contributed by atoms with E-state index in [1.807, 2.05) is 84.9 Å². The lowest BCUT2D eigenvalue weighted by Gasteiger charge is -2.36. The van der Waals surface area contributed by atoms with Crippen LogP contribution in [-0.2, 0) is 12.2 Å². The van der Waals surface area contributed by atoms with Gasteiger partial charge in [0.2, 0.25) is 0 Å². The van der Waals surface area contributed by atoms with Gasteiger partial charge in [-0.25, -0.2) is 14.4 Å². The van der Waals surface area contributed by atoms with Gasteiger partial charge < -0.3 is 15.1 Å². The summed E-state index contributed by atoms with van der Waals surface area (Å²) in [6, 6.07) is 36.4. The Labute approximate surface area is 272 Å². The maximum absolute atomic E-state index is 14.3. The minimum atomic E-state index is -0.206. The summed E-state index contributed by atoms with van der Waals surface area (Å²) in [6.45, 7) is 2.77. The molecule has 6 rings (SSSR count). The molecule has 6 nitrogen and oxygen atoms in total. The average Bonchev–Trinajstić information content (AvgIpc) is 3.08. The second-order valence-electron chi connectivity index (χ2n) is 10.9. The molecular weight excluding hydrogens is 605 g/mol. The number of carbonyl (C=O) groups is 1. The van der Waals surface area contributed by atoms with Crippen LogP contribution in [-0.4, -0.2) is 42.1 Å². The van der Waals surface area contributed by atoms with Crippen LogP contribution in [0, 0.1) is 5.82 Å². The van der Waals surface area contributed by atoms with Crippen LogP contribution in [0.1, 0.15) is 33.1 Å². The molecule has 0 bridgehead atoms. The second-order valence-corrected chi connectivity index (χ2v) is 12.2. The van der Waals surface area contributed by atoms with Crippen molar-refractivity contribution in [2.24, 2.45) is 0 Å². The highest BCUT2D eigenvalue weighted by atomic mass is 35.5. The summed E-state index contributed by atoms with van der Waals surface area (Å²) in [7, 11) is 0. The molecule has 1 saturated heterocycles. The van der Waals surface area contributed by atoms with Gasteiger partial charge >= 0.3 is 0 Å². The number of aromatic nitrogens is 2. The van der Waals surface area contributed by atoms with E-state index in [1.54, 1.807) is 12.1 Å². The van der Waals surface area contributed by atoms with Crippen molar-refractivity contribution in [3.05, 3.63) is 148 Å². The van der Waals surface area contributed by atoms with Gasteiger partial charge in [-0.2, -0.15) is 0 Å². The fourth-order valence-electron chi connectivity index (χ4n) is 5.43. The van der Waals surface area contributed by atoms with Crippen LogP contribution in [0.4, 0.5) is 15.9 Å². The molecule has 0 saturated carbocycles. The van der Waals surface area contributed by atoms with Crippen molar-refractivity contribution in [2.75, 3.05) is 36.0 Å². The predicted octanol–water partition coefficient (Wildman–Crippen LogP) is 7.60. The third kappa shape index (κ3) is 8.01. The highest BCUT2D eigenvalue weighted by Crippen LogP contribution is 2.27. The lowest BCUT2D eigenvalue weighted by Crippen LogP contribution is -2.47. The molecule has 45 heavy (non-hydrogen) atoms. The predicted molar refractivity (Wildman–Crippen MR) is 181 cm³/mol. The number of benzene rings is 4. The highest BCUT2D eigenvalue weighted by Gasteiger charge is 2.21. The maximum atomic E-state index is 14.3. The van der Waals surface area contributed by atoms with Crippen molar-refractivity contribution in [3.8, 4) is 0 Å². The molecule has 2 heterocycles. The van der Waals surface area contributed by atoms with E-state index in [-0.39, 0.29) is 17.8 Å². The number of anilines is 2. The molecule has 1 fully saturated rings. The van der Waals surface area contributed by atoms with Crippen LogP contribution in [0.3, 0.4) is 0 Å². The zero-order chi connectivity index (χ0) is 31.0. The number of carbonyl (C=O) groups excluding carboxylic acids is 1. The number of rotatable bonds is 10. The Kier molecular flexibility index (Phi) is 9.92. The smallest absolute Gasteiger partial charge is 0.251 e. The van der Waals surface area contributed by atoms with Gasteiger partial charge in [-0.1, -0.05) is 108 Å². The van der Waals surface area contributed by atoms with Crippen LogP contribution in [0.25, 0.3) is 0 Å². The lowest BCUT2D eigenvalue weighted by atomic mass is 9.98. The van der Waals surface area contributed by atoms with Crippen LogP contribution in [0.15, 0.2) is 120 Å². The molecule has 1 amide bonds. The quantitative estimate of drug-likeness (QED) is 0.0967. The second kappa shape index (κ2) is 14.6. The normalized spacial score (nSPS) is 13.8. The first-order valence-electron chi connectivity index (χ1n) is 14.9.